The zero-order valence-electron chi connectivity index (χ0n) is 6.57. The van der Waals surface area contributed by atoms with Crippen molar-refractivity contribution in [3.8, 4) is 0 Å². The molecule has 0 heterocycles. The minimum atomic E-state index is 0.403. The maximum Gasteiger partial charge on any atom is 0.0416 e. The van der Waals surface area contributed by atoms with Crippen molar-refractivity contribution >= 4 is 22.6 Å². The molecule has 2 aliphatic rings. The van der Waals surface area contributed by atoms with Crippen LogP contribution in [0.1, 0.15) is 0 Å². The van der Waals surface area contributed by atoms with Crippen molar-refractivity contribution in [1.82, 2.24) is 0 Å². The number of rotatable bonds is 0. The predicted molar refractivity (Wildman–Crippen MR) is 59.9 cm³/mol. The molecule has 0 saturated heterocycles. The zero-order valence-corrected chi connectivity index (χ0v) is 8.73. The average Bonchev–Trinajstić information content (AvgIpc) is 2.04. The summed E-state index contributed by atoms with van der Waals surface area (Å²) in [5.74, 6) is 0.403. The van der Waals surface area contributed by atoms with Gasteiger partial charge in [-0.1, -0.05) is 53.0 Å². The minimum absolute atomic E-state index is 0.403. The highest BCUT2D eigenvalue weighted by molar-refractivity contribution is 14.1. The molecular weight excluding hydrogens is 261 g/mol. The Kier molecular flexibility index (Phi) is 2.09. The van der Waals surface area contributed by atoms with Crippen LogP contribution in [0, 0.1) is 5.92 Å². The van der Waals surface area contributed by atoms with Gasteiger partial charge in [-0.15, -0.1) is 0 Å². The van der Waals surface area contributed by atoms with Crippen LogP contribution in [0.5, 0.6) is 0 Å². The first-order valence-corrected chi connectivity index (χ1v) is 5.20. The summed E-state index contributed by atoms with van der Waals surface area (Å²) in [6.07, 6.45) is 12.6. The van der Waals surface area contributed by atoms with E-state index in [4.69, 9.17) is 5.73 Å². The van der Waals surface area contributed by atoms with Crippen molar-refractivity contribution in [3.05, 3.63) is 47.7 Å². The fourth-order valence-corrected chi connectivity index (χ4v) is 2.65. The molecule has 0 aromatic rings. The van der Waals surface area contributed by atoms with E-state index < -0.39 is 0 Å². The van der Waals surface area contributed by atoms with E-state index in [9.17, 15) is 0 Å². The average molecular weight is 271 g/mol. The normalized spacial score (nSPS) is 32.4. The van der Waals surface area contributed by atoms with Crippen molar-refractivity contribution in [2.75, 3.05) is 0 Å². The third-order valence-electron chi connectivity index (χ3n) is 2.20. The quantitative estimate of drug-likeness (QED) is 0.531. The van der Waals surface area contributed by atoms with Crippen LogP contribution in [0.15, 0.2) is 47.7 Å². The zero-order chi connectivity index (χ0) is 8.55. The summed E-state index contributed by atoms with van der Waals surface area (Å²) in [5, 5.41) is 0. The Hall–Kier alpha value is -0.510. The summed E-state index contributed by atoms with van der Waals surface area (Å²) in [7, 11) is 0. The standard InChI is InChI=1S/C10H10IN/c11-8-5-1-3-7-4-2-6-9(12)10(7)8/h1-6,8,10H,12H2. The molecule has 2 aliphatic carbocycles. The second-order valence-electron chi connectivity index (χ2n) is 3.00. The number of fused-ring (bicyclic) bond motifs is 1. The summed E-state index contributed by atoms with van der Waals surface area (Å²) in [5.41, 5.74) is 8.22. The number of hydrogen-bond donors (Lipinski definition) is 1. The van der Waals surface area contributed by atoms with Crippen LogP contribution in [0.25, 0.3) is 0 Å². The second kappa shape index (κ2) is 3.09. The molecule has 0 aromatic carbocycles. The molecule has 0 spiro atoms. The van der Waals surface area contributed by atoms with Crippen LogP contribution in [0.4, 0.5) is 0 Å². The smallest absolute Gasteiger partial charge is 0.0416 e. The van der Waals surface area contributed by atoms with Gasteiger partial charge >= 0.3 is 0 Å². The van der Waals surface area contributed by atoms with E-state index in [1.807, 2.05) is 12.2 Å². The SMILES string of the molecule is NC1=CC=CC2=CC=CC(I)C12. The van der Waals surface area contributed by atoms with E-state index in [1.54, 1.807) is 0 Å². The summed E-state index contributed by atoms with van der Waals surface area (Å²) >= 11 is 2.42. The van der Waals surface area contributed by atoms with Crippen LogP contribution in [0.2, 0.25) is 0 Å². The third-order valence-corrected chi connectivity index (χ3v) is 3.33. The van der Waals surface area contributed by atoms with Crippen molar-refractivity contribution in [2.45, 2.75) is 3.92 Å². The van der Waals surface area contributed by atoms with E-state index in [1.165, 1.54) is 5.57 Å². The Morgan fingerprint density at radius 3 is 2.83 bits per heavy atom. The molecule has 2 rings (SSSR count). The van der Waals surface area contributed by atoms with Crippen molar-refractivity contribution in [1.29, 1.82) is 0 Å². The van der Waals surface area contributed by atoms with Gasteiger partial charge in [-0.2, -0.15) is 0 Å². The fraction of sp³-hybridized carbons (Fsp3) is 0.200. The molecule has 62 valence electrons. The highest BCUT2D eigenvalue weighted by Crippen LogP contribution is 2.33. The van der Waals surface area contributed by atoms with Gasteiger partial charge in [-0.05, 0) is 11.6 Å². The third kappa shape index (κ3) is 1.24. The van der Waals surface area contributed by atoms with E-state index in [0.29, 0.717) is 9.84 Å². The molecule has 12 heavy (non-hydrogen) atoms. The van der Waals surface area contributed by atoms with Gasteiger partial charge in [-0.3, -0.25) is 0 Å². The van der Waals surface area contributed by atoms with Gasteiger partial charge in [0.25, 0.3) is 0 Å². The fourth-order valence-electron chi connectivity index (χ4n) is 1.58. The van der Waals surface area contributed by atoms with Crippen LogP contribution >= 0.6 is 22.6 Å². The molecule has 0 aromatic heterocycles. The Morgan fingerprint density at radius 2 is 2.08 bits per heavy atom. The van der Waals surface area contributed by atoms with Gasteiger partial charge in [0.05, 0.1) is 0 Å². The van der Waals surface area contributed by atoms with E-state index >= 15 is 0 Å². The highest BCUT2D eigenvalue weighted by atomic mass is 127. The number of hydrogen-bond acceptors (Lipinski definition) is 1. The van der Waals surface area contributed by atoms with E-state index in [2.05, 4.69) is 46.9 Å². The molecule has 0 saturated carbocycles. The Balaban J connectivity index is 2.40. The molecule has 2 N–H and O–H groups in total. The summed E-state index contributed by atoms with van der Waals surface area (Å²) in [6, 6.07) is 0. The number of halogens is 1. The molecule has 0 bridgehead atoms. The predicted octanol–water partition coefficient (Wildman–Crippen LogP) is 2.31. The lowest BCUT2D eigenvalue weighted by Gasteiger charge is -2.26. The van der Waals surface area contributed by atoms with Crippen LogP contribution in [0.3, 0.4) is 0 Å². The largest absolute Gasteiger partial charge is 0.401 e. The first kappa shape index (κ1) is 8.10. The Morgan fingerprint density at radius 1 is 1.25 bits per heavy atom. The topological polar surface area (TPSA) is 26.0 Å². The van der Waals surface area contributed by atoms with Crippen LogP contribution in [-0.2, 0) is 0 Å². The van der Waals surface area contributed by atoms with Gasteiger partial charge in [0.2, 0.25) is 0 Å². The molecule has 2 atom stereocenters. The van der Waals surface area contributed by atoms with Crippen molar-refractivity contribution in [2.24, 2.45) is 11.7 Å². The molecule has 0 amide bonds. The maximum absolute atomic E-state index is 5.91. The monoisotopic (exact) mass is 271 g/mol. The number of allylic oxidation sites excluding steroid dienone is 7. The molecular formula is C10H10IN. The van der Waals surface area contributed by atoms with Crippen LogP contribution < -0.4 is 5.73 Å². The van der Waals surface area contributed by atoms with Crippen molar-refractivity contribution in [3.63, 3.8) is 0 Å². The first-order chi connectivity index (χ1) is 5.79. The lowest BCUT2D eigenvalue weighted by atomic mass is 9.86. The van der Waals surface area contributed by atoms with Crippen molar-refractivity contribution < 1.29 is 0 Å². The maximum atomic E-state index is 5.91. The highest BCUT2D eigenvalue weighted by Gasteiger charge is 2.25. The van der Waals surface area contributed by atoms with E-state index in [-0.39, 0.29) is 0 Å². The van der Waals surface area contributed by atoms with Gasteiger partial charge < -0.3 is 5.73 Å². The lowest BCUT2D eigenvalue weighted by Crippen LogP contribution is -2.24. The molecule has 2 unspecified atom stereocenters. The Labute approximate surface area is 85.9 Å². The van der Waals surface area contributed by atoms with Gasteiger partial charge in [0, 0.05) is 15.5 Å². The minimum Gasteiger partial charge on any atom is -0.401 e. The lowest BCUT2D eigenvalue weighted by molar-refractivity contribution is 0.750. The molecule has 2 heteroatoms. The molecule has 0 aliphatic heterocycles. The van der Waals surface area contributed by atoms with Crippen LogP contribution in [-0.4, -0.2) is 3.92 Å². The van der Waals surface area contributed by atoms with Gasteiger partial charge in [-0.25, -0.2) is 0 Å². The van der Waals surface area contributed by atoms with E-state index in [0.717, 1.165) is 5.70 Å². The number of alkyl halides is 1. The summed E-state index contributed by atoms with van der Waals surface area (Å²) < 4.78 is 0.504. The summed E-state index contributed by atoms with van der Waals surface area (Å²) in [6.45, 7) is 0. The first-order valence-electron chi connectivity index (χ1n) is 3.95. The van der Waals surface area contributed by atoms with Gasteiger partial charge in [0.1, 0.15) is 0 Å². The molecule has 1 nitrogen and oxygen atoms in total. The van der Waals surface area contributed by atoms with Gasteiger partial charge in [0.15, 0.2) is 0 Å². The molecule has 0 fully saturated rings. The summed E-state index contributed by atoms with van der Waals surface area (Å²) in [4.78, 5) is 0. The number of nitrogens with two attached hydrogens (primary N) is 1. The second-order valence-corrected chi connectivity index (χ2v) is 4.44. The molecule has 0 radical (unpaired) electrons. The Bertz CT molecular complexity index is 310.